The van der Waals surface area contributed by atoms with Gasteiger partial charge in [0, 0.05) is 11.4 Å². The molecule has 1 aliphatic heterocycles. The molecule has 1 aliphatic rings. The van der Waals surface area contributed by atoms with Gasteiger partial charge in [0.15, 0.2) is 5.69 Å². The highest BCUT2D eigenvalue weighted by Crippen LogP contribution is 2.48. The predicted octanol–water partition coefficient (Wildman–Crippen LogP) is 6.05. The van der Waals surface area contributed by atoms with Crippen LogP contribution in [0.4, 0.5) is 28.4 Å². The normalized spacial score (nSPS) is 15.2. The highest BCUT2D eigenvalue weighted by molar-refractivity contribution is 5.89. The largest absolute Gasteiger partial charge is 0.319 e. The second-order valence-electron chi connectivity index (χ2n) is 6.60. The van der Waals surface area contributed by atoms with Crippen molar-refractivity contribution >= 4 is 28.4 Å². The van der Waals surface area contributed by atoms with Crippen LogP contribution in [0.5, 0.6) is 0 Å². The summed E-state index contributed by atoms with van der Waals surface area (Å²) in [6, 6.07) is 24.1. The van der Waals surface area contributed by atoms with E-state index in [4.69, 9.17) is 11.8 Å². The molecule has 0 bridgehead atoms. The third-order valence-electron chi connectivity index (χ3n) is 4.99. The van der Waals surface area contributed by atoms with E-state index in [0.717, 1.165) is 28.3 Å². The molecule has 0 spiro atoms. The molecule has 0 amide bonds. The van der Waals surface area contributed by atoms with Gasteiger partial charge in [0.1, 0.15) is 6.17 Å². The smallest absolute Gasteiger partial charge is 0.187 e. The topological polar surface area (TPSA) is 34.6 Å². The van der Waals surface area contributed by atoms with Crippen molar-refractivity contribution in [2.45, 2.75) is 20.0 Å². The van der Waals surface area contributed by atoms with Crippen molar-refractivity contribution in [1.29, 1.82) is 5.26 Å². The lowest BCUT2D eigenvalue weighted by atomic mass is 10.1. The minimum absolute atomic E-state index is 0.0628. The Balaban J connectivity index is 1.84. The maximum Gasteiger partial charge on any atom is 0.187 e. The molecule has 0 radical (unpaired) electrons. The summed E-state index contributed by atoms with van der Waals surface area (Å²) in [6.07, 6.45) is 0.0628. The monoisotopic (exact) mass is 350 g/mol. The zero-order valence-corrected chi connectivity index (χ0v) is 15.2. The predicted molar refractivity (Wildman–Crippen MR) is 109 cm³/mol. The van der Waals surface area contributed by atoms with Crippen LogP contribution in [0.1, 0.15) is 18.1 Å². The third-order valence-corrected chi connectivity index (χ3v) is 4.99. The summed E-state index contributed by atoms with van der Waals surface area (Å²) >= 11 is 0. The molecule has 27 heavy (non-hydrogen) atoms. The van der Waals surface area contributed by atoms with E-state index in [1.807, 2.05) is 61.5 Å². The van der Waals surface area contributed by atoms with Crippen LogP contribution in [-0.2, 0) is 0 Å². The van der Waals surface area contributed by atoms with Gasteiger partial charge < -0.3 is 9.80 Å². The Morgan fingerprint density at radius 1 is 0.926 bits per heavy atom. The molecule has 1 heterocycles. The van der Waals surface area contributed by atoms with Gasteiger partial charge in [-0.25, -0.2) is 4.85 Å². The summed E-state index contributed by atoms with van der Waals surface area (Å²) in [6.45, 7) is 11.4. The van der Waals surface area contributed by atoms with Gasteiger partial charge in [0.05, 0.1) is 29.6 Å². The van der Waals surface area contributed by atoms with Crippen LogP contribution < -0.4 is 9.80 Å². The van der Waals surface area contributed by atoms with Crippen LogP contribution in [0.2, 0.25) is 0 Å². The van der Waals surface area contributed by atoms with Crippen LogP contribution in [0, 0.1) is 24.8 Å². The minimum Gasteiger partial charge on any atom is -0.319 e. The van der Waals surface area contributed by atoms with Crippen molar-refractivity contribution in [3.8, 4) is 6.07 Å². The summed E-state index contributed by atoms with van der Waals surface area (Å²) in [5.41, 5.74) is 6.78. The average Bonchev–Trinajstić information content (AvgIpc) is 3.00. The Bertz CT molecular complexity index is 1090. The van der Waals surface area contributed by atoms with Gasteiger partial charge in [-0.1, -0.05) is 24.3 Å². The van der Waals surface area contributed by atoms with Crippen molar-refractivity contribution < 1.29 is 0 Å². The lowest BCUT2D eigenvalue weighted by molar-refractivity contribution is 0.759. The third kappa shape index (κ3) is 2.69. The molecule has 0 N–H and O–H groups in total. The van der Waals surface area contributed by atoms with E-state index in [9.17, 15) is 0 Å². The minimum atomic E-state index is 0.0628. The quantitative estimate of drug-likeness (QED) is 0.527. The summed E-state index contributed by atoms with van der Waals surface area (Å²) in [5.74, 6) is 0. The van der Waals surface area contributed by atoms with E-state index in [0.29, 0.717) is 11.3 Å². The lowest BCUT2D eigenvalue weighted by Gasteiger charge is -2.31. The number of fused-ring (bicyclic) bond motifs is 1. The molecule has 0 aliphatic carbocycles. The van der Waals surface area contributed by atoms with Crippen LogP contribution >= 0.6 is 0 Å². The maximum atomic E-state index is 9.17. The standard InChI is InChI=1S/C23H18N4/c1-16-14-18(15-24)8-13-21(16)27-17(2)26(22-6-4-5-7-23(22)27)20-11-9-19(25-3)10-12-20/h4-14,17H,1-2H3/t17-/m1/s1. The molecule has 0 saturated heterocycles. The number of aryl methyl sites for hydroxylation is 1. The summed E-state index contributed by atoms with van der Waals surface area (Å²) in [7, 11) is 0. The highest BCUT2D eigenvalue weighted by Gasteiger charge is 2.35. The molecule has 4 nitrogen and oxygen atoms in total. The van der Waals surface area contributed by atoms with Gasteiger partial charge in [-0.3, -0.25) is 0 Å². The molecule has 130 valence electrons. The van der Waals surface area contributed by atoms with Crippen molar-refractivity contribution in [2.24, 2.45) is 0 Å². The molecule has 4 heteroatoms. The number of hydrogen-bond acceptors (Lipinski definition) is 3. The Morgan fingerprint density at radius 2 is 1.59 bits per heavy atom. The average molecular weight is 350 g/mol. The summed E-state index contributed by atoms with van der Waals surface area (Å²) in [4.78, 5) is 8.07. The first-order valence-electron chi connectivity index (χ1n) is 8.80. The van der Waals surface area contributed by atoms with Crippen LogP contribution in [0.25, 0.3) is 4.85 Å². The van der Waals surface area contributed by atoms with Crippen LogP contribution in [0.3, 0.4) is 0 Å². The van der Waals surface area contributed by atoms with E-state index in [1.54, 1.807) is 0 Å². The van der Waals surface area contributed by atoms with E-state index in [2.05, 4.69) is 39.8 Å². The number of para-hydroxylation sites is 2. The molecule has 4 rings (SSSR count). The van der Waals surface area contributed by atoms with Crippen molar-refractivity contribution in [1.82, 2.24) is 0 Å². The maximum absolute atomic E-state index is 9.17. The van der Waals surface area contributed by atoms with Gasteiger partial charge in [-0.15, -0.1) is 0 Å². The zero-order valence-electron chi connectivity index (χ0n) is 15.2. The molecule has 3 aromatic carbocycles. The van der Waals surface area contributed by atoms with E-state index in [-0.39, 0.29) is 6.17 Å². The summed E-state index contributed by atoms with van der Waals surface area (Å²) < 4.78 is 0. The fraction of sp³-hybridized carbons (Fsp3) is 0.130. The Kier molecular flexibility index (Phi) is 4.03. The Labute approximate surface area is 159 Å². The molecule has 3 aromatic rings. The van der Waals surface area contributed by atoms with E-state index < -0.39 is 0 Å². The van der Waals surface area contributed by atoms with Crippen molar-refractivity contribution in [2.75, 3.05) is 9.80 Å². The van der Waals surface area contributed by atoms with E-state index in [1.165, 1.54) is 0 Å². The van der Waals surface area contributed by atoms with Crippen molar-refractivity contribution in [3.63, 3.8) is 0 Å². The molecule has 0 fully saturated rings. The van der Waals surface area contributed by atoms with Crippen LogP contribution in [-0.4, -0.2) is 6.17 Å². The first-order valence-corrected chi connectivity index (χ1v) is 8.80. The first kappa shape index (κ1) is 16.7. The van der Waals surface area contributed by atoms with Gasteiger partial charge in [0.2, 0.25) is 0 Å². The Morgan fingerprint density at radius 3 is 2.19 bits per heavy atom. The second-order valence-corrected chi connectivity index (χ2v) is 6.60. The Hall–Kier alpha value is -3.76. The molecule has 0 unspecified atom stereocenters. The second kappa shape index (κ2) is 6.52. The number of anilines is 4. The van der Waals surface area contributed by atoms with Gasteiger partial charge in [-0.05, 0) is 61.9 Å². The number of rotatable bonds is 2. The molecule has 0 aromatic heterocycles. The van der Waals surface area contributed by atoms with Crippen molar-refractivity contribution in [3.05, 3.63) is 89.3 Å². The molecule has 0 saturated carbocycles. The van der Waals surface area contributed by atoms with Gasteiger partial charge in [0.25, 0.3) is 0 Å². The highest BCUT2D eigenvalue weighted by atomic mass is 15.4. The fourth-order valence-electron chi connectivity index (χ4n) is 3.76. The van der Waals surface area contributed by atoms with E-state index >= 15 is 0 Å². The number of benzene rings is 3. The van der Waals surface area contributed by atoms with Gasteiger partial charge in [-0.2, -0.15) is 5.26 Å². The zero-order chi connectivity index (χ0) is 19.0. The van der Waals surface area contributed by atoms with Gasteiger partial charge >= 0.3 is 0 Å². The summed E-state index contributed by atoms with van der Waals surface area (Å²) in [5, 5.41) is 9.17. The fourth-order valence-corrected chi connectivity index (χ4v) is 3.76. The lowest BCUT2D eigenvalue weighted by Crippen LogP contribution is -2.35. The first-order chi connectivity index (χ1) is 13.1. The number of nitriles is 1. The molecular weight excluding hydrogens is 332 g/mol. The molecular formula is C23H18N4. The molecule has 1 atom stereocenters. The SMILES string of the molecule is [C-]#[N+]c1ccc(N2c3ccccc3N(c3ccc(C#N)cc3C)[C@@H]2C)cc1. The number of nitrogens with zero attached hydrogens (tertiary/aromatic N) is 4. The number of hydrogen-bond donors (Lipinski definition) is 0. The van der Waals surface area contributed by atoms with Crippen LogP contribution in [0.15, 0.2) is 66.7 Å².